The third kappa shape index (κ3) is 3.89. The van der Waals surface area contributed by atoms with Crippen molar-refractivity contribution in [2.24, 2.45) is 17.3 Å². The fourth-order valence-electron chi connectivity index (χ4n) is 2.65. The van der Waals surface area contributed by atoms with Gasteiger partial charge in [-0.25, -0.2) is 0 Å². The molecule has 0 amide bonds. The molecular formula is C14H26O2. The van der Waals surface area contributed by atoms with Crippen LogP contribution in [-0.2, 0) is 9.53 Å². The monoisotopic (exact) mass is 226 g/mol. The number of hydrogen-bond acceptors (Lipinski definition) is 2. The average molecular weight is 226 g/mol. The summed E-state index contributed by atoms with van der Waals surface area (Å²) in [6.07, 6.45) is 5.00. The van der Waals surface area contributed by atoms with Gasteiger partial charge in [0.05, 0.1) is 0 Å². The summed E-state index contributed by atoms with van der Waals surface area (Å²) < 4.78 is 5.05. The molecule has 2 heteroatoms. The van der Waals surface area contributed by atoms with Crippen LogP contribution in [0.5, 0.6) is 0 Å². The van der Waals surface area contributed by atoms with Crippen molar-refractivity contribution in [3.05, 3.63) is 0 Å². The number of carbonyl (C=O) groups is 1. The fourth-order valence-corrected chi connectivity index (χ4v) is 2.65. The van der Waals surface area contributed by atoms with Gasteiger partial charge in [-0.2, -0.15) is 0 Å². The minimum Gasteiger partial charge on any atom is -0.385 e. The topological polar surface area (TPSA) is 26.3 Å². The van der Waals surface area contributed by atoms with Gasteiger partial charge in [0.2, 0.25) is 0 Å². The zero-order chi connectivity index (χ0) is 12.2. The maximum absolute atomic E-state index is 11.8. The van der Waals surface area contributed by atoms with Crippen molar-refractivity contribution in [1.82, 2.24) is 0 Å². The molecule has 1 fully saturated rings. The lowest BCUT2D eigenvalue weighted by Crippen LogP contribution is -2.32. The van der Waals surface area contributed by atoms with Crippen LogP contribution in [-0.4, -0.2) is 19.5 Å². The molecule has 1 aliphatic rings. The second-order valence-electron chi connectivity index (χ2n) is 6.14. The van der Waals surface area contributed by atoms with Crippen molar-refractivity contribution in [3.63, 3.8) is 0 Å². The normalized spacial score (nSPS) is 27.1. The summed E-state index contributed by atoms with van der Waals surface area (Å²) in [7, 11) is 1.72. The summed E-state index contributed by atoms with van der Waals surface area (Å²) in [5.41, 5.74) is 0.347. The first-order valence-corrected chi connectivity index (χ1v) is 6.46. The Labute approximate surface area is 99.8 Å². The smallest absolute Gasteiger partial charge is 0.135 e. The second kappa shape index (κ2) is 5.81. The van der Waals surface area contributed by atoms with Crippen molar-refractivity contribution in [2.75, 3.05) is 13.7 Å². The molecule has 2 atom stereocenters. The van der Waals surface area contributed by atoms with E-state index in [4.69, 9.17) is 4.74 Å². The summed E-state index contributed by atoms with van der Waals surface area (Å²) in [5.74, 6) is 1.49. The number of hydrogen-bond donors (Lipinski definition) is 0. The van der Waals surface area contributed by atoms with Gasteiger partial charge in [-0.05, 0) is 37.0 Å². The Kier molecular flexibility index (Phi) is 4.97. The second-order valence-corrected chi connectivity index (χ2v) is 6.14. The van der Waals surface area contributed by atoms with E-state index in [1.165, 1.54) is 0 Å². The van der Waals surface area contributed by atoms with Gasteiger partial charge in [0.25, 0.3) is 0 Å². The molecule has 0 aromatic rings. The molecule has 0 spiro atoms. The number of Topliss-reactive ketones (excluding diaryl/α,β-unsaturated/α-hetero) is 1. The predicted octanol–water partition coefficient (Wildman–Crippen LogP) is 3.44. The first kappa shape index (κ1) is 13.7. The molecule has 0 aromatic carbocycles. The summed E-state index contributed by atoms with van der Waals surface area (Å²) >= 11 is 0. The summed E-state index contributed by atoms with van der Waals surface area (Å²) in [5, 5.41) is 0. The van der Waals surface area contributed by atoms with Gasteiger partial charge in [-0.15, -0.1) is 0 Å². The van der Waals surface area contributed by atoms with Crippen molar-refractivity contribution >= 4 is 5.78 Å². The quantitative estimate of drug-likeness (QED) is 0.686. The van der Waals surface area contributed by atoms with Crippen molar-refractivity contribution in [2.45, 2.75) is 52.9 Å². The molecule has 0 saturated heterocycles. The van der Waals surface area contributed by atoms with Crippen molar-refractivity contribution in [1.29, 1.82) is 0 Å². The zero-order valence-corrected chi connectivity index (χ0v) is 11.2. The Bertz CT molecular complexity index is 227. The highest BCUT2D eigenvalue weighted by atomic mass is 16.5. The van der Waals surface area contributed by atoms with Crippen LogP contribution in [0.25, 0.3) is 0 Å². The first-order valence-electron chi connectivity index (χ1n) is 6.46. The Morgan fingerprint density at radius 1 is 1.38 bits per heavy atom. The van der Waals surface area contributed by atoms with Crippen LogP contribution in [0.4, 0.5) is 0 Å². The van der Waals surface area contributed by atoms with E-state index in [-0.39, 0.29) is 0 Å². The highest BCUT2D eigenvalue weighted by Gasteiger charge is 2.34. The highest BCUT2D eigenvalue weighted by molar-refractivity contribution is 5.81. The minimum absolute atomic E-state index is 0.299. The van der Waals surface area contributed by atoms with E-state index in [0.717, 1.165) is 38.7 Å². The predicted molar refractivity (Wildman–Crippen MR) is 66.4 cm³/mol. The molecule has 0 aliphatic heterocycles. The Morgan fingerprint density at radius 2 is 2.06 bits per heavy atom. The molecule has 16 heavy (non-hydrogen) atoms. The molecule has 1 aliphatic carbocycles. The van der Waals surface area contributed by atoms with Gasteiger partial charge < -0.3 is 4.74 Å². The summed E-state index contributed by atoms with van der Waals surface area (Å²) in [4.78, 5) is 11.8. The Morgan fingerprint density at radius 3 is 2.62 bits per heavy atom. The van der Waals surface area contributed by atoms with Crippen molar-refractivity contribution < 1.29 is 9.53 Å². The SMILES string of the molecule is COCCCC1CC(C(C)(C)C)CCC1=O. The fraction of sp³-hybridized carbons (Fsp3) is 0.929. The van der Waals surface area contributed by atoms with E-state index >= 15 is 0 Å². The lowest BCUT2D eigenvalue weighted by atomic mass is 9.68. The lowest BCUT2D eigenvalue weighted by Gasteiger charge is -2.37. The van der Waals surface area contributed by atoms with Gasteiger partial charge in [0.15, 0.2) is 0 Å². The van der Waals surface area contributed by atoms with Crippen molar-refractivity contribution in [3.8, 4) is 0 Å². The molecule has 2 nitrogen and oxygen atoms in total. The largest absolute Gasteiger partial charge is 0.385 e. The van der Waals surface area contributed by atoms with Gasteiger partial charge in [-0.1, -0.05) is 20.8 Å². The molecule has 0 N–H and O–H groups in total. The Hall–Kier alpha value is -0.370. The minimum atomic E-state index is 0.299. The number of methoxy groups -OCH3 is 1. The first-order chi connectivity index (χ1) is 7.45. The highest BCUT2D eigenvalue weighted by Crippen LogP contribution is 2.40. The number of ketones is 1. The van der Waals surface area contributed by atoms with E-state index in [1.54, 1.807) is 7.11 Å². The van der Waals surface area contributed by atoms with Gasteiger partial charge >= 0.3 is 0 Å². The molecular weight excluding hydrogens is 200 g/mol. The Balaban J connectivity index is 2.45. The van der Waals surface area contributed by atoms with Crippen LogP contribution >= 0.6 is 0 Å². The van der Waals surface area contributed by atoms with E-state index in [1.807, 2.05) is 0 Å². The van der Waals surface area contributed by atoms with Crippen LogP contribution < -0.4 is 0 Å². The van der Waals surface area contributed by atoms with Crippen LogP contribution in [0.15, 0.2) is 0 Å². The lowest BCUT2D eigenvalue weighted by molar-refractivity contribution is -0.126. The maximum atomic E-state index is 11.8. The van der Waals surface area contributed by atoms with Gasteiger partial charge in [0, 0.05) is 26.1 Å². The molecule has 0 radical (unpaired) electrons. The van der Waals surface area contributed by atoms with Crippen LogP contribution in [0.2, 0.25) is 0 Å². The number of rotatable bonds is 4. The van der Waals surface area contributed by atoms with E-state index in [9.17, 15) is 4.79 Å². The standard InChI is InChI=1S/C14H26O2/c1-14(2,3)12-7-8-13(15)11(10-12)6-5-9-16-4/h11-12H,5-10H2,1-4H3. The molecule has 2 unspecified atom stereocenters. The van der Waals surface area contributed by atoms with Gasteiger partial charge in [0.1, 0.15) is 5.78 Å². The maximum Gasteiger partial charge on any atom is 0.135 e. The molecule has 1 rings (SSSR count). The average Bonchev–Trinajstić information content (AvgIpc) is 2.19. The van der Waals surface area contributed by atoms with Crippen LogP contribution in [0.3, 0.4) is 0 Å². The van der Waals surface area contributed by atoms with Crippen LogP contribution in [0, 0.1) is 17.3 Å². The summed E-state index contributed by atoms with van der Waals surface area (Å²) in [6.45, 7) is 7.66. The third-order valence-electron chi connectivity index (χ3n) is 3.89. The summed E-state index contributed by atoms with van der Waals surface area (Å²) in [6, 6.07) is 0. The molecule has 0 heterocycles. The van der Waals surface area contributed by atoms with E-state index in [2.05, 4.69) is 20.8 Å². The third-order valence-corrected chi connectivity index (χ3v) is 3.89. The zero-order valence-electron chi connectivity index (χ0n) is 11.2. The molecule has 0 aromatic heterocycles. The van der Waals surface area contributed by atoms with E-state index in [0.29, 0.717) is 23.0 Å². The number of carbonyl (C=O) groups excluding carboxylic acids is 1. The molecule has 94 valence electrons. The number of ether oxygens (including phenoxy) is 1. The van der Waals surface area contributed by atoms with Gasteiger partial charge in [-0.3, -0.25) is 4.79 Å². The van der Waals surface area contributed by atoms with E-state index < -0.39 is 0 Å². The molecule has 1 saturated carbocycles. The molecule has 0 bridgehead atoms. The van der Waals surface area contributed by atoms with Crippen LogP contribution in [0.1, 0.15) is 52.9 Å².